The quantitative estimate of drug-likeness (QED) is 0.510. The minimum Gasteiger partial charge on any atom is -0.299 e. The van der Waals surface area contributed by atoms with Crippen molar-refractivity contribution in [1.82, 2.24) is 0 Å². The van der Waals surface area contributed by atoms with Crippen LogP contribution in [0.1, 0.15) is 16.7 Å². The van der Waals surface area contributed by atoms with Crippen LogP contribution in [-0.4, -0.2) is 13.6 Å². The molecule has 1 nitrogen and oxygen atoms in total. The van der Waals surface area contributed by atoms with E-state index in [4.69, 9.17) is 7.85 Å². The SMILES string of the molecule is [B]CC(=O)C(c1ccccc1)(c1ccccc1)c1ccccc1. The van der Waals surface area contributed by atoms with Crippen molar-refractivity contribution in [3.05, 3.63) is 108 Å². The summed E-state index contributed by atoms with van der Waals surface area (Å²) in [5, 5.41) is 0. The number of carbonyl (C=O) groups excluding carboxylic acids is 1. The minimum absolute atomic E-state index is 0.0129. The van der Waals surface area contributed by atoms with Gasteiger partial charge in [-0.25, -0.2) is 0 Å². The Labute approximate surface area is 138 Å². The summed E-state index contributed by atoms with van der Waals surface area (Å²) in [6.45, 7) is 0. The van der Waals surface area contributed by atoms with Crippen molar-refractivity contribution in [2.45, 2.75) is 11.7 Å². The molecule has 0 spiro atoms. The molecule has 3 aromatic rings. The maximum atomic E-state index is 13.1. The zero-order valence-corrected chi connectivity index (χ0v) is 12.9. The molecule has 0 atom stereocenters. The molecule has 2 radical (unpaired) electrons. The fraction of sp³-hybridized carbons (Fsp3) is 0.0952. The van der Waals surface area contributed by atoms with E-state index in [2.05, 4.69) is 0 Å². The van der Waals surface area contributed by atoms with Crippen LogP contribution in [0.25, 0.3) is 0 Å². The average molecular weight is 296 g/mol. The van der Waals surface area contributed by atoms with E-state index in [9.17, 15) is 4.79 Å². The lowest BCUT2D eigenvalue weighted by Gasteiger charge is -2.34. The van der Waals surface area contributed by atoms with Crippen LogP contribution in [0.2, 0.25) is 6.32 Å². The van der Waals surface area contributed by atoms with Gasteiger partial charge in [0, 0.05) is 0 Å². The van der Waals surface area contributed by atoms with Crippen LogP contribution in [0.5, 0.6) is 0 Å². The van der Waals surface area contributed by atoms with E-state index in [-0.39, 0.29) is 12.1 Å². The molecule has 0 aliphatic heterocycles. The van der Waals surface area contributed by atoms with Crippen molar-refractivity contribution < 1.29 is 4.79 Å². The van der Waals surface area contributed by atoms with Crippen molar-refractivity contribution in [3.8, 4) is 0 Å². The van der Waals surface area contributed by atoms with Gasteiger partial charge < -0.3 is 0 Å². The Morgan fingerprint density at radius 1 is 0.652 bits per heavy atom. The van der Waals surface area contributed by atoms with Gasteiger partial charge >= 0.3 is 0 Å². The van der Waals surface area contributed by atoms with Gasteiger partial charge in [0.2, 0.25) is 0 Å². The summed E-state index contributed by atoms with van der Waals surface area (Å²) < 4.78 is 0. The molecule has 2 heteroatoms. The molecule has 0 aliphatic rings. The number of ketones is 1. The van der Waals surface area contributed by atoms with Crippen molar-refractivity contribution in [1.29, 1.82) is 0 Å². The van der Waals surface area contributed by atoms with Gasteiger partial charge in [-0.3, -0.25) is 4.79 Å². The van der Waals surface area contributed by atoms with Crippen LogP contribution in [-0.2, 0) is 10.2 Å². The van der Waals surface area contributed by atoms with Gasteiger partial charge in [0.05, 0.1) is 7.85 Å². The number of hydrogen-bond donors (Lipinski definition) is 0. The first kappa shape index (κ1) is 15.3. The van der Waals surface area contributed by atoms with E-state index in [1.165, 1.54) is 0 Å². The van der Waals surface area contributed by atoms with E-state index in [1.807, 2.05) is 91.0 Å². The maximum absolute atomic E-state index is 13.1. The molecule has 0 unspecified atom stereocenters. The molecule has 0 saturated heterocycles. The highest BCUT2D eigenvalue weighted by Crippen LogP contribution is 2.40. The Kier molecular flexibility index (Phi) is 4.43. The monoisotopic (exact) mass is 296 g/mol. The Bertz CT molecular complexity index is 670. The second-order valence-corrected chi connectivity index (χ2v) is 5.48. The molecule has 110 valence electrons. The van der Waals surface area contributed by atoms with E-state index in [0.29, 0.717) is 0 Å². The number of rotatable bonds is 5. The standard InChI is InChI=1S/C21H17BO/c22-16-20(23)21(17-10-4-1-5-11-17,18-12-6-2-7-13-18)19-14-8-3-9-15-19/h1-15H,16H2. The van der Waals surface area contributed by atoms with E-state index in [1.54, 1.807) is 0 Å². The third-order valence-corrected chi connectivity index (χ3v) is 4.22. The zero-order valence-electron chi connectivity index (χ0n) is 12.9. The summed E-state index contributed by atoms with van der Waals surface area (Å²) in [6.07, 6.45) is -0.0152. The van der Waals surface area contributed by atoms with Crippen molar-refractivity contribution in [3.63, 3.8) is 0 Å². The highest BCUT2D eigenvalue weighted by molar-refractivity contribution is 6.23. The zero-order chi connectivity index (χ0) is 16.1. The second-order valence-electron chi connectivity index (χ2n) is 5.48. The molecule has 0 amide bonds. The summed E-state index contributed by atoms with van der Waals surface area (Å²) in [6, 6.07) is 29.6. The van der Waals surface area contributed by atoms with E-state index >= 15 is 0 Å². The van der Waals surface area contributed by atoms with Crippen LogP contribution in [0.3, 0.4) is 0 Å². The highest BCUT2D eigenvalue weighted by atomic mass is 16.1. The van der Waals surface area contributed by atoms with Crippen LogP contribution < -0.4 is 0 Å². The Hall–Kier alpha value is -2.61. The van der Waals surface area contributed by atoms with Gasteiger partial charge in [0.25, 0.3) is 0 Å². The first-order valence-corrected chi connectivity index (χ1v) is 7.70. The molecular formula is C21H17BO. The largest absolute Gasteiger partial charge is 0.299 e. The highest BCUT2D eigenvalue weighted by Gasteiger charge is 2.41. The summed E-state index contributed by atoms with van der Waals surface area (Å²) in [5.41, 5.74) is 1.94. The van der Waals surface area contributed by atoms with Crippen LogP contribution in [0.15, 0.2) is 91.0 Å². The number of carbonyl (C=O) groups is 1. The number of benzene rings is 3. The van der Waals surface area contributed by atoms with Gasteiger partial charge in [-0.1, -0.05) is 91.0 Å². The van der Waals surface area contributed by atoms with Gasteiger partial charge in [-0.15, -0.1) is 0 Å². The molecule has 0 aromatic heterocycles. The Balaban J connectivity index is 2.38. The number of Topliss-reactive ketones (excluding diaryl/α,β-unsaturated/α-hetero) is 1. The lowest BCUT2D eigenvalue weighted by Crippen LogP contribution is -2.38. The van der Waals surface area contributed by atoms with Crippen molar-refractivity contribution in [2.75, 3.05) is 0 Å². The molecule has 0 bridgehead atoms. The fourth-order valence-corrected chi connectivity index (χ4v) is 3.20. The number of hydrogen-bond acceptors (Lipinski definition) is 1. The summed E-state index contributed by atoms with van der Waals surface area (Å²) >= 11 is 0. The van der Waals surface area contributed by atoms with Crippen LogP contribution >= 0.6 is 0 Å². The minimum atomic E-state index is -0.876. The van der Waals surface area contributed by atoms with Gasteiger partial charge in [-0.2, -0.15) is 0 Å². The third kappa shape index (κ3) is 2.61. The van der Waals surface area contributed by atoms with Gasteiger partial charge in [0.1, 0.15) is 11.2 Å². The molecule has 0 heterocycles. The molecule has 0 N–H and O–H groups in total. The lowest BCUT2D eigenvalue weighted by atomic mass is 9.64. The maximum Gasteiger partial charge on any atom is 0.143 e. The average Bonchev–Trinajstić information content (AvgIpc) is 2.65. The van der Waals surface area contributed by atoms with Gasteiger partial charge in [-0.05, 0) is 23.0 Å². The van der Waals surface area contributed by atoms with E-state index < -0.39 is 5.41 Å². The first-order valence-electron chi connectivity index (χ1n) is 7.70. The topological polar surface area (TPSA) is 17.1 Å². The normalized spacial score (nSPS) is 11.1. The molecule has 23 heavy (non-hydrogen) atoms. The molecule has 0 saturated carbocycles. The van der Waals surface area contributed by atoms with Gasteiger partial charge in [0.15, 0.2) is 0 Å². The van der Waals surface area contributed by atoms with Crippen molar-refractivity contribution >= 4 is 13.6 Å². The summed E-state index contributed by atoms with van der Waals surface area (Å²) in [5.74, 6) is -0.0129. The smallest absolute Gasteiger partial charge is 0.143 e. The predicted octanol–water partition coefficient (Wildman–Crippen LogP) is 4.18. The molecule has 3 rings (SSSR count). The third-order valence-electron chi connectivity index (χ3n) is 4.22. The van der Waals surface area contributed by atoms with Crippen LogP contribution in [0.4, 0.5) is 0 Å². The molecule has 0 aliphatic carbocycles. The van der Waals surface area contributed by atoms with Crippen molar-refractivity contribution in [2.24, 2.45) is 0 Å². The lowest BCUT2D eigenvalue weighted by molar-refractivity contribution is -0.119. The Morgan fingerprint density at radius 2 is 0.957 bits per heavy atom. The first-order chi connectivity index (χ1) is 11.3. The fourth-order valence-electron chi connectivity index (χ4n) is 3.20. The predicted molar refractivity (Wildman–Crippen MR) is 94.8 cm³/mol. The van der Waals surface area contributed by atoms with E-state index in [0.717, 1.165) is 16.7 Å². The summed E-state index contributed by atoms with van der Waals surface area (Å²) in [7, 11) is 5.82. The second kappa shape index (κ2) is 6.66. The molecule has 0 fully saturated rings. The van der Waals surface area contributed by atoms with Crippen LogP contribution in [0, 0.1) is 0 Å². The molecule has 3 aromatic carbocycles. The Morgan fingerprint density at radius 3 is 1.22 bits per heavy atom. The summed E-state index contributed by atoms with van der Waals surface area (Å²) in [4.78, 5) is 13.1. The molecular weight excluding hydrogens is 279 g/mol.